The number of aryl methyl sites for hydroxylation is 2. The molecule has 6 nitrogen and oxygen atoms in total. The molecule has 2 aromatic carbocycles. The Hall–Kier alpha value is -3.41. The Morgan fingerprint density at radius 1 is 1.03 bits per heavy atom. The highest BCUT2D eigenvalue weighted by molar-refractivity contribution is 6.04. The summed E-state index contributed by atoms with van der Waals surface area (Å²) in [4.78, 5) is 21.1. The number of hydrogen-bond donors (Lipinski definition) is 2. The highest BCUT2D eigenvalue weighted by Gasteiger charge is 2.12. The zero-order chi connectivity index (χ0) is 20.6. The summed E-state index contributed by atoms with van der Waals surface area (Å²) >= 11 is 0. The fourth-order valence-electron chi connectivity index (χ4n) is 3.14. The number of nitrogens with one attached hydrogen (secondary N) is 2. The normalized spacial score (nSPS) is 10.4. The third kappa shape index (κ3) is 5.10. The van der Waals surface area contributed by atoms with E-state index in [0.29, 0.717) is 18.1 Å². The number of nitrogens with zero attached hydrogens (tertiary/aromatic N) is 2. The molecule has 0 aliphatic heterocycles. The molecule has 1 heterocycles. The lowest BCUT2D eigenvalue weighted by Gasteiger charge is -2.13. The van der Waals surface area contributed by atoms with Crippen LogP contribution in [0.25, 0.3) is 0 Å². The van der Waals surface area contributed by atoms with Crippen LogP contribution in [0, 0.1) is 6.92 Å². The van der Waals surface area contributed by atoms with Gasteiger partial charge in [0.05, 0.1) is 12.7 Å². The van der Waals surface area contributed by atoms with E-state index in [1.807, 2.05) is 49.4 Å². The first-order valence-corrected chi connectivity index (χ1v) is 9.70. The molecule has 150 valence electrons. The quantitative estimate of drug-likeness (QED) is 0.601. The average molecular weight is 390 g/mol. The lowest BCUT2D eigenvalue weighted by Crippen LogP contribution is -2.16. The van der Waals surface area contributed by atoms with Crippen LogP contribution in [0.15, 0.2) is 54.9 Å². The third-order valence-corrected chi connectivity index (χ3v) is 4.76. The molecule has 0 aliphatic carbocycles. The number of rotatable bonds is 8. The number of amides is 1. The van der Waals surface area contributed by atoms with Crippen LogP contribution in [0.3, 0.4) is 0 Å². The predicted molar refractivity (Wildman–Crippen MR) is 116 cm³/mol. The van der Waals surface area contributed by atoms with E-state index < -0.39 is 0 Å². The first-order valence-electron chi connectivity index (χ1n) is 9.70. The van der Waals surface area contributed by atoms with Gasteiger partial charge in [0.25, 0.3) is 5.91 Å². The number of benzene rings is 2. The molecular formula is C23H26N4O2. The van der Waals surface area contributed by atoms with Gasteiger partial charge in [0, 0.05) is 24.6 Å². The highest BCUT2D eigenvalue weighted by Crippen LogP contribution is 2.22. The van der Waals surface area contributed by atoms with Crippen molar-refractivity contribution in [1.82, 2.24) is 9.97 Å². The van der Waals surface area contributed by atoms with Gasteiger partial charge in [-0.1, -0.05) is 43.3 Å². The maximum atomic E-state index is 12.6. The minimum absolute atomic E-state index is 0.213. The fourth-order valence-corrected chi connectivity index (χ4v) is 3.14. The van der Waals surface area contributed by atoms with Crippen LogP contribution in [0.1, 0.15) is 34.0 Å². The van der Waals surface area contributed by atoms with Gasteiger partial charge in [0.1, 0.15) is 5.75 Å². The van der Waals surface area contributed by atoms with E-state index in [1.165, 1.54) is 12.4 Å². The zero-order valence-electron chi connectivity index (χ0n) is 17.0. The van der Waals surface area contributed by atoms with Gasteiger partial charge >= 0.3 is 0 Å². The van der Waals surface area contributed by atoms with Gasteiger partial charge < -0.3 is 15.4 Å². The average Bonchev–Trinajstić information content (AvgIpc) is 2.76. The predicted octanol–water partition coefficient (Wildman–Crippen LogP) is 4.26. The van der Waals surface area contributed by atoms with Crippen molar-refractivity contribution in [1.29, 1.82) is 0 Å². The molecule has 2 N–H and O–H groups in total. The topological polar surface area (TPSA) is 76.1 Å². The van der Waals surface area contributed by atoms with Crippen molar-refractivity contribution < 1.29 is 9.53 Å². The minimum atomic E-state index is -0.213. The number of aromatic nitrogens is 2. The maximum Gasteiger partial charge on any atom is 0.258 e. The molecule has 0 unspecified atom stereocenters. The summed E-state index contributed by atoms with van der Waals surface area (Å²) in [5, 5.41) is 6.17. The Morgan fingerprint density at radius 3 is 2.48 bits per heavy atom. The summed E-state index contributed by atoms with van der Waals surface area (Å²) in [7, 11) is 1.67. The largest absolute Gasteiger partial charge is 0.496 e. The Kier molecular flexibility index (Phi) is 6.79. The van der Waals surface area contributed by atoms with Gasteiger partial charge in [-0.2, -0.15) is 0 Å². The Labute approximate surface area is 171 Å². The highest BCUT2D eigenvalue weighted by atomic mass is 16.5. The summed E-state index contributed by atoms with van der Waals surface area (Å²) in [5.74, 6) is 1.14. The zero-order valence-corrected chi connectivity index (χ0v) is 17.0. The minimum Gasteiger partial charge on any atom is -0.496 e. The molecule has 1 amide bonds. The molecule has 0 radical (unpaired) electrons. The summed E-state index contributed by atoms with van der Waals surface area (Å²) < 4.78 is 5.36. The molecule has 6 heteroatoms. The van der Waals surface area contributed by atoms with E-state index in [-0.39, 0.29) is 5.91 Å². The molecule has 0 aliphatic rings. The van der Waals surface area contributed by atoms with E-state index in [0.717, 1.165) is 41.0 Å². The number of carbonyl (C=O) groups excluding carboxylic acids is 1. The van der Waals surface area contributed by atoms with Gasteiger partial charge in [0.15, 0.2) is 0 Å². The maximum absolute atomic E-state index is 12.6. The van der Waals surface area contributed by atoms with Crippen LogP contribution in [0.2, 0.25) is 0 Å². The summed E-state index contributed by atoms with van der Waals surface area (Å²) in [5.41, 5.74) is 4.54. The van der Waals surface area contributed by atoms with E-state index in [2.05, 4.69) is 27.5 Å². The molecule has 0 saturated heterocycles. The third-order valence-electron chi connectivity index (χ3n) is 4.76. The SMILES string of the molecule is CCc1cccc(C)c1NC(=O)c1cnc(NCCc2ccccc2OC)nc1. The molecule has 29 heavy (non-hydrogen) atoms. The van der Waals surface area contributed by atoms with Gasteiger partial charge in [-0.05, 0) is 42.5 Å². The first-order chi connectivity index (χ1) is 14.1. The van der Waals surface area contributed by atoms with E-state index in [1.54, 1.807) is 7.11 Å². The summed E-state index contributed by atoms with van der Waals surface area (Å²) in [6.45, 7) is 4.72. The molecule has 0 saturated carbocycles. The van der Waals surface area contributed by atoms with Gasteiger partial charge in [-0.3, -0.25) is 4.79 Å². The Morgan fingerprint density at radius 2 is 1.76 bits per heavy atom. The van der Waals surface area contributed by atoms with Crippen LogP contribution in [-0.4, -0.2) is 29.5 Å². The smallest absolute Gasteiger partial charge is 0.258 e. The van der Waals surface area contributed by atoms with Crippen molar-refractivity contribution in [2.75, 3.05) is 24.3 Å². The van der Waals surface area contributed by atoms with Gasteiger partial charge in [-0.15, -0.1) is 0 Å². The second-order valence-corrected chi connectivity index (χ2v) is 6.70. The van der Waals surface area contributed by atoms with E-state index >= 15 is 0 Å². The molecule has 3 aromatic rings. The van der Waals surface area contributed by atoms with Crippen molar-refractivity contribution >= 4 is 17.5 Å². The van der Waals surface area contributed by atoms with E-state index in [4.69, 9.17) is 4.74 Å². The van der Waals surface area contributed by atoms with E-state index in [9.17, 15) is 4.79 Å². The number of anilines is 2. The van der Waals surface area contributed by atoms with Gasteiger partial charge in [-0.25, -0.2) is 9.97 Å². The van der Waals surface area contributed by atoms with Crippen LogP contribution in [0.5, 0.6) is 5.75 Å². The number of hydrogen-bond acceptors (Lipinski definition) is 5. The molecular weight excluding hydrogens is 364 g/mol. The molecule has 1 aromatic heterocycles. The summed E-state index contributed by atoms with van der Waals surface area (Å²) in [6.07, 6.45) is 4.71. The van der Waals surface area contributed by atoms with Crippen LogP contribution >= 0.6 is 0 Å². The molecule has 0 bridgehead atoms. The molecule has 3 rings (SSSR count). The molecule has 0 atom stereocenters. The second-order valence-electron chi connectivity index (χ2n) is 6.70. The molecule has 0 spiro atoms. The van der Waals surface area contributed by atoms with Crippen LogP contribution < -0.4 is 15.4 Å². The van der Waals surface area contributed by atoms with Crippen molar-refractivity contribution in [3.63, 3.8) is 0 Å². The van der Waals surface area contributed by atoms with Crippen molar-refractivity contribution in [2.45, 2.75) is 26.7 Å². The molecule has 0 fully saturated rings. The van der Waals surface area contributed by atoms with Crippen molar-refractivity contribution in [3.05, 3.63) is 77.1 Å². The van der Waals surface area contributed by atoms with Gasteiger partial charge in [0.2, 0.25) is 5.95 Å². The fraction of sp³-hybridized carbons (Fsp3) is 0.261. The Bertz CT molecular complexity index is 971. The lowest BCUT2D eigenvalue weighted by molar-refractivity contribution is 0.102. The van der Waals surface area contributed by atoms with Crippen molar-refractivity contribution in [3.8, 4) is 5.75 Å². The second kappa shape index (κ2) is 9.68. The Balaban J connectivity index is 1.59. The van der Waals surface area contributed by atoms with Crippen LogP contribution in [-0.2, 0) is 12.8 Å². The lowest BCUT2D eigenvalue weighted by atomic mass is 10.1. The monoisotopic (exact) mass is 390 g/mol. The van der Waals surface area contributed by atoms with Crippen LogP contribution in [0.4, 0.5) is 11.6 Å². The first kappa shape index (κ1) is 20.3. The number of carbonyl (C=O) groups is 1. The standard InChI is InChI=1S/C23H26N4O2/c1-4-17-10-7-8-16(2)21(17)27-22(28)19-14-25-23(26-15-19)24-13-12-18-9-5-6-11-20(18)29-3/h5-11,14-15H,4,12-13H2,1-3H3,(H,27,28)(H,24,25,26). The summed E-state index contributed by atoms with van der Waals surface area (Å²) in [6, 6.07) is 13.9. The number of methoxy groups -OCH3 is 1. The number of para-hydroxylation sites is 2. The van der Waals surface area contributed by atoms with Crippen molar-refractivity contribution in [2.24, 2.45) is 0 Å². The number of ether oxygens (including phenoxy) is 1.